The summed E-state index contributed by atoms with van der Waals surface area (Å²) in [5, 5.41) is 18.5. The van der Waals surface area contributed by atoms with Crippen molar-refractivity contribution < 1.29 is 5.11 Å². The first-order chi connectivity index (χ1) is 14.2. The van der Waals surface area contributed by atoms with Crippen LogP contribution in [0.25, 0.3) is 10.8 Å². The second-order valence-corrected chi connectivity index (χ2v) is 8.68. The Hall–Kier alpha value is -1.92. The van der Waals surface area contributed by atoms with Gasteiger partial charge in [-0.1, -0.05) is 13.3 Å². The number of unbranched alkanes of at least 4 members (excludes halogenated alkanes) is 1. The first kappa shape index (κ1) is 20.4. The molecule has 2 aromatic heterocycles. The number of piperidine rings is 1. The first-order valence-electron chi connectivity index (χ1n) is 11.3. The molecule has 0 aromatic carbocycles. The largest absolute Gasteiger partial charge is 0.393 e. The summed E-state index contributed by atoms with van der Waals surface area (Å²) in [6.45, 7) is 4.98. The lowest BCUT2D eigenvalue weighted by Crippen LogP contribution is -2.34. The van der Waals surface area contributed by atoms with Crippen molar-refractivity contribution in [2.75, 3.05) is 25.0 Å². The number of hydrogen-bond donors (Lipinski definition) is 3. The topological polar surface area (TPSA) is 79.2 Å². The highest BCUT2D eigenvalue weighted by Crippen LogP contribution is 2.37. The number of pyridine rings is 2. The maximum atomic E-state index is 13.3. The van der Waals surface area contributed by atoms with Crippen LogP contribution < -0.4 is 16.2 Å². The van der Waals surface area contributed by atoms with E-state index < -0.39 is 0 Å². The normalized spacial score (nSPS) is 23.4. The van der Waals surface area contributed by atoms with E-state index in [0.29, 0.717) is 5.92 Å². The second-order valence-electron chi connectivity index (χ2n) is 8.68. The molecular weight excluding hydrogens is 364 g/mol. The fourth-order valence-electron chi connectivity index (χ4n) is 4.84. The SMILES string of the molecule is CCCCNc1cc2c(cn1)c(=O)n(C1CCNCC1)cc2[C@H]1CC[C@H](O)CC1. The molecule has 6 heteroatoms. The molecular formula is C23H34N4O2. The number of aliphatic hydroxyl groups is 1. The smallest absolute Gasteiger partial charge is 0.260 e. The van der Waals surface area contributed by atoms with Crippen LogP contribution in [-0.2, 0) is 0 Å². The van der Waals surface area contributed by atoms with Crippen molar-refractivity contribution in [3.05, 3.63) is 34.4 Å². The van der Waals surface area contributed by atoms with Crippen LogP contribution in [0.2, 0.25) is 0 Å². The summed E-state index contributed by atoms with van der Waals surface area (Å²) in [7, 11) is 0. The molecule has 0 unspecified atom stereocenters. The van der Waals surface area contributed by atoms with Crippen LogP contribution in [0.1, 0.15) is 75.8 Å². The molecule has 6 nitrogen and oxygen atoms in total. The third kappa shape index (κ3) is 4.48. The Morgan fingerprint density at radius 2 is 1.93 bits per heavy atom. The molecule has 2 aromatic rings. The van der Waals surface area contributed by atoms with Crippen LogP contribution in [0.5, 0.6) is 0 Å². The number of aliphatic hydroxyl groups excluding tert-OH is 1. The average molecular weight is 399 g/mol. The third-order valence-corrected chi connectivity index (χ3v) is 6.63. The maximum absolute atomic E-state index is 13.3. The van der Waals surface area contributed by atoms with E-state index in [1.807, 2.05) is 4.57 Å². The van der Waals surface area contributed by atoms with E-state index in [4.69, 9.17) is 0 Å². The van der Waals surface area contributed by atoms with E-state index in [-0.39, 0.29) is 17.7 Å². The molecule has 158 valence electrons. The van der Waals surface area contributed by atoms with Crippen molar-refractivity contribution in [1.82, 2.24) is 14.9 Å². The van der Waals surface area contributed by atoms with Gasteiger partial charge in [-0.05, 0) is 81.0 Å². The second kappa shape index (κ2) is 9.26. The van der Waals surface area contributed by atoms with Crippen molar-refractivity contribution >= 4 is 16.6 Å². The zero-order valence-electron chi connectivity index (χ0n) is 17.5. The third-order valence-electron chi connectivity index (χ3n) is 6.63. The minimum atomic E-state index is -0.180. The Balaban J connectivity index is 1.77. The Labute approximate surface area is 172 Å². The lowest BCUT2D eigenvalue weighted by atomic mass is 9.81. The summed E-state index contributed by atoms with van der Waals surface area (Å²) in [6.07, 6.45) is 11.6. The van der Waals surface area contributed by atoms with Crippen LogP contribution in [0, 0.1) is 0 Å². The molecule has 1 aliphatic heterocycles. The zero-order valence-corrected chi connectivity index (χ0v) is 17.5. The van der Waals surface area contributed by atoms with Gasteiger partial charge in [0.05, 0.1) is 11.5 Å². The van der Waals surface area contributed by atoms with Gasteiger partial charge in [-0.3, -0.25) is 4.79 Å². The Kier molecular flexibility index (Phi) is 6.50. The van der Waals surface area contributed by atoms with Gasteiger partial charge in [-0.2, -0.15) is 0 Å². The van der Waals surface area contributed by atoms with E-state index in [2.05, 4.69) is 34.8 Å². The minimum Gasteiger partial charge on any atom is -0.393 e. The molecule has 0 atom stereocenters. The summed E-state index contributed by atoms with van der Waals surface area (Å²) in [6, 6.07) is 2.32. The van der Waals surface area contributed by atoms with Gasteiger partial charge >= 0.3 is 0 Å². The van der Waals surface area contributed by atoms with Gasteiger partial charge in [0.2, 0.25) is 0 Å². The van der Waals surface area contributed by atoms with E-state index in [1.54, 1.807) is 6.20 Å². The Morgan fingerprint density at radius 1 is 1.17 bits per heavy atom. The van der Waals surface area contributed by atoms with Gasteiger partial charge in [-0.25, -0.2) is 4.98 Å². The van der Waals surface area contributed by atoms with Gasteiger partial charge in [0.15, 0.2) is 0 Å². The summed E-state index contributed by atoms with van der Waals surface area (Å²) >= 11 is 0. The fraction of sp³-hybridized carbons (Fsp3) is 0.652. The summed E-state index contributed by atoms with van der Waals surface area (Å²) in [5.41, 5.74) is 1.34. The number of nitrogens with one attached hydrogen (secondary N) is 2. The number of rotatable bonds is 6. The van der Waals surface area contributed by atoms with E-state index >= 15 is 0 Å². The van der Waals surface area contributed by atoms with Crippen molar-refractivity contribution in [2.24, 2.45) is 0 Å². The summed E-state index contributed by atoms with van der Waals surface area (Å²) < 4.78 is 1.98. The number of nitrogens with zero attached hydrogens (tertiary/aromatic N) is 2. The molecule has 4 rings (SSSR count). The molecule has 1 saturated carbocycles. The van der Waals surface area contributed by atoms with Crippen molar-refractivity contribution in [3.63, 3.8) is 0 Å². The molecule has 1 saturated heterocycles. The van der Waals surface area contributed by atoms with Crippen LogP contribution >= 0.6 is 0 Å². The Morgan fingerprint density at radius 3 is 2.66 bits per heavy atom. The predicted molar refractivity (Wildman–Crippen MR) is 118 cm³/mol. The highest BCUT2D eigenvalue weighted by molar-refractivity contribution is 5.86. The van der Waals surface area contributed by atoms with Crippen molar-refractivity contribution in [1.29, 1.82) is 0 Å². The number of aromatic nitrogens is 2. The molecule has 0 radical (unpaired) electrons. The molecule has 0 bridgehead atoms. The molecule has 0 amide bonds. The first-order valence-corrected chi connectivity index (χ1v) is 11.3. The average Bonchev–Trinajstić information content (AvgIpc) is 2.76. The molecule has 29 heavy (non-hydrogen) atoms. The van der Waals surface area contributed by atoms with Crippen LogP contribution in [0.3, 0.4) is 0 Å². The van der Waals surface area contributed by atoms with Gasteiger partial charge in [0.1, 0.15) is 5.82 Å². The van der Waals surface area contributed by atoms with Gasteiger partial charge in [0.25, 0.3) is 5.56 Å². The monoisotopic (exact) mass is 398 g/mol. The number of hydrogen-bond acceptors (Lipinski definition) is 5. The lowest BCUT2D eigenvalue weighted by molar-refractivity contribution is 0.122. The molecule has 0 spiro atoms. The Bertz CT molecular complexity index is 880. The predicted octanol–water partition coefficient (Wildman–Crippen LogP) is 3.55. The van der Waals surface area contributed by atoms with Crippen molar-refractivity contribution in [3.8, 4) is 0 Å². The molecule has 1 aliphatic carbocycles. The number of fused-ring (bicyclic) bond motifs is 1. The number of anilines is 1. The minimum absolute atomic E-state index is 0.0825. The van der Waals surface area contributed by atoms with Crippen molar-refractivity contribution in [2.45, 2.75) is 76.4 Å². The molecule has 2 fully saturated rings. The summed E-state index contributed by atoms with van der Waals surface area (Å²) in [5.74, 6) is 1.24. The quantitative estimate of drug-likeness (QED) is 0.649. The molecule has 3 N–H and O–H groups in total. The van der Waals surface area contributed by atoms with Crippen LogP contribution in [0.4, 0.5) is 5.82 Å². The molecule has 2 aliphatic rings. The van der Waals surface area contributed by atoms with E-state index in [9.17, 15) is 9.90 Å². The van der Waals surface area contributed by atoms with Gasteiger partial charge in [-0.15, -0.1) is 0 Å². The molecule has 3 heterocycles. The van der Waals surface area contributed by atoms with Crippen LogP contribution in [-0.4, -0.2) is 40.4 Å². The highest BCUT2D eigenvalue weighted by atomic mass is 16.3. The van der Waals surface area contributed by atoms with E-state index in [1.165, 1.54) is 5.56 Å². The standard InChI is InChI=1S/C23H34N4O2/c1-2-3-10-25-22-13-19-20(14-26-22)23(29)27(17-8-11-24-12-9-17)15-21(19)16-4-6-18(28)7-5-16/h13-18,24,28H,2-12H2,1H3,(H,25,26)/t16-,18-. The van der Waals surface area contributed by atoms with Gasteiger partial charge in [0, 0.05) is 25.0 Å². The summed E-state index contributed by atoms with van der Waals surface area (Å²) in [4.78, 5) is 17.9. The van der Waals surface area contributed by atoms with E-state index in [0.717, 1.165) is 87.6 Å². The van der Waals surface area contributed by atoms with Crippen LogP contribution in [0.15, 0.2) is 23.3 Å². The fourth-order valence-corrected chi connectivity index (χ4v) is 4.84. The van der Waals surface area contributed by atoms with Gasteiger partial charge < -0.3 is 20.3 Å². The maximum Gasteiger partial charge on any atom is 0.260 e. The highest BCUT2D eigenvalue weighted by Gasteiger charge is 2.26. The lowest BCUT2D eigenvalue weighted by Gasteiger charge is -2.30. The zero-order chi connectivity index (χ0) is 20.2.